The number of halogens is 2. The van der Waals surface area contributed by atoms with E-state index in [1.165, 1.54) is 29.2 Å². The lowest BCUT2D eigenvalue weighted by Crippen LogP contribution is -2.04. The molecule has 7 heteroatoms. The van der Waals surface area contributed by atoms with Gasteiger partial charge in [0.1, 0.15) is 0 Å². The molecule has 0 bridgehead atoms. The van der Waals surface area contributed by atoms with E-state index in [1.807, 2.05) is 0 Å². The summed E-state index contributed by atoms with van der Waals surface area (Å²) in [5.74, 6) is -0.843. The first-order chi connectivity index (χ1) is 8.08. The normalized spacial score (nSPS) is 10.5. The van der Waals surface area contributed by atoms with Gasteiger partial charge in [0.2, 0.25) is 5.82 Å². The molecule has 0 amide bonds. The summed E-state index contributed by atoms with van der Waals surface area (Å²) >= 11 is 5.66. The minimum Gasteiger partial charge on any atom is -0.267 e. The van der Waals surface area contributed by atoms with Crippen LogP contribution in [0.2, 0.25) is 5.02 Å². The van der Waals surface area contributed by atoms with E-state index in [-0.39, 0.29) is 12.1 Å². The van der Waals surface area contributed by atoms with Crippen LogP contribution in [0.25, 0.3) is 0 Å². The van der Waals surface area contributed by atoms with Crippen molar-refractivity contribution in [1.82, 2.24) is 9.78 Å². The van der Waals surface area contributed by atoms with Crippen molar-refractivity contribution >= 4 is 17.3 Å². The van der Waals surface area contributed by atoms with Gasteiger partial charge in [0.05, 0.1) is 22.7 Å². The molecule has 0 aliphatic rings. The molecule has 0 aliphatic heterocycles. The summed E-state index contributed by atoms with van der Waals surface area (Å²) in [6.07, 6.45) is 2.93. The Labute approximate surface area is 101 Å². The van der Waals surface area contributed by atoms with E-state index >= 15 is 0 Å². The second-order valence-electron chi connectivity index (χ2n) is 3.36. The Morgan fingerprint density at radius 1 is 1.53 bits per heavy atom. The van der Waals surface area contributed by atoms with E-state index < -0.39 is 16.4 Å². The fraction of sp³-hybridized carbons (Fsp3) is 0.100. The van der Waals surface area contributed by atoms with Crippen molar-refractivity contribution in [2.75, 3.05) is 0 Å². The Balaban J connectivity index is 2.33. The van der Waals surface area contributed by atoms with Gasteiger partial charge in [-0.3, -0.25) is 14.8 Å². The maximum Gasteiger partial charge on any atom is 0.305 e. The zero-order valence-electron chi connectivity index (χ0n) is 8.51. The van der Waals surface area contributed by atoms with E-state index in [0.29, 0.717) is 5.02 Å². The minimum atomic E-state index is -0.843. The summed E-state index contributed by atoms with van der Waals surface area (Å²) in [5, 5.41) is 14.9. The van der Waals surface area contributed by atoms with E-state index in [4.69, 9.17) is 11.6 Å². The molecule has 5 nitrogen and oxygen atoms in total. The van der Waals surface area contributed by atoms with E-state index in [1.54, 1.807) is 0 Å². The van der Waals surface area contributed by atoms with Crippen LogP contribution in [0.3, 0.4) is 0 Å². The summed E-state index contributed by atoms with van der Waals surface area (Å²) in [6, 6.07) is 4.02. The lowest BCUT2D eigenvalue weighted by molar-refractivity contribution is -0.387. The molecule has 0 fully saturated rings. The molecule has 0 radical (unpaired) electrons. The average Bonchev–Trinajstić information content (AvgIpc) is 2.67. The maximum atomic E-state index is 13.7. The standard InChI is InChI=1S/C10H7ClFN3O2/c11-8-4-13-14(6-8)5-7-2-1-3-9(10(7)12)15(16)17/h1-4,6H,5H2. The van der Waals surface area contributed by atoms with Gasteiger partial charge in [-0.1, -0.05) is 23.7 Å². The molecule has 17 heavy (non-hydrogen) atoms. The number of benzene rings is 1. The highest BCUT2D eigenvalue weighted by atomic mass is 35.5. The molecule has 0 saturated carbocycles. The van der Waals surface area contributed by atoms with Gasteiger partial charge < -0.3 is 0 Å². The SMILES string of the molecule is O=[N+]([O-])c1cccc(Cn2cc(Cl)cn2)c1F. The van der Waals surface area contributed by atoms with Crippen LogP contribution < -0.4 is 0 Å². The predicted molar refractivity (Wildman–Crippen MR) is 59.4 cm³/mol. The molecule has 1 aromatic heterocycles. The quantitative estimate of drug-likeness (QED) is 0.626. The third-order valence-corrected chi connectivity index (χ3v) is 2.38. The molecule has 0 N–H and O–H groups in total. The summed E-state index contributed by atoms with van der Waals surface area (Å²) in [4.78, 5) is 9.80. The Kier molecular flexibility index (Phi) is 3.06. The molecule has 1 heterocycles. The van der Waals surface area contributed by atoms with Gasteiger partial charge in [-0.05, 0) is 0 Å². The van der Waals surface area contributed by atoms with Crippen molar-refractivity contribution in [3.63, 3.8) is 0 Å². The number of hydrogen-bond acceptors (Lipinski definition) is 3. The topological polar surface area (TPSA) is 61.0 Å². The summed E-state index contributed by atoms with van der Waals surface area (Å²) < 4.78 is 15.1. The molecule has 0 atom stereocenters. The Morgan fingerprint density at radius 2 is 2.29 bits per heavy atom. The van der Waals surface area contributed by atoms with Gasteiger partial charge in [-0.2, -0.15) is 9.49 Å². The molecule has 2 rings (SSSR count). The molecule has 0 unspecified atom stereocenters. The van der Waals surface area contributed by atoms with Gasteiger partial charge in [0.25, 0.3) is 0 Å². The Hall–Kier alpha value is -1.95. The number of hydrogen-bond donors (Lipinski definition) is 0. The zero-order chi connectivity index (χ0) is 12.4. The van der Waals surface area contributed by atoms with Crippen LogP contribution in [0.4, 0.5) is 10.1 Å². The van der Waals surface area contributed by atoms with Crippen LogP contribution in [0.1, 0.15) is 5.56 Å². The number of aromatic nitrogens is 2. The summed E-state index contributed by atoms with van der Waals surface area (Å²) in [5.41, 5.74) is -0.347. The van der Waals surface area contributed by atoms with Gasteiger partial charge in [-0.25, -0.2) is 0 Å². The Morgan fingerprint density at radius 3 is 2.88 bits per heavy atom. The van der Waals surface area contributed by atoms with Gasteiger partial charge in [0.15, 0.2) is 0 Å². The largest absolute Gasteiger partial charge is 0.305 e. The van der Waals surface area contributed by atoms with Crippen molar-refractivity contribution < 1.29 is 9.31 Å². The average molecular weight is 256 g/mol. The lowest BCUT2D eigenvalue weighted by Gasteiger charge is -2.03. The van der Waals surface area contributed by atoms with Gasteiger partial charge in [-0.15, -0.1) is 0 Å². The van der Waals surface area contributed by atoms with Crippen LogP contribution in [0.15, 0.2) is 30.6 Å². The smallest absolute Gasteiger partial charge is 0.267 e. The molecule has 88 valence electrons. The zero-order valence-corrected chi connectivity index (χ0v) is 9.26. The fourth-order valence-electron chi connectivity index (χ4n) is 1.43. The minimum absolute atomic E-state index is 0.0975. The van der Waals surface area contributed by atoms with Gasteiger partial charge >= 0.3 is 5.69 Å². The van der Waals surface area contributed by atoms with Crippen LogP contribution in [-0.2, 0) is 6.54 Å². The third-order valence-electron chi connectivity index (χ3n) is 2.19. The number of rotatable bonds is 3. The van der Waals surface area contributed by atoms with Gasteiger partial charge in [0, 0.05) is 17.8 Å². The third kappa shape index (κ3) is 2.42. The number of nitro benzene ring substituents is 1. The van der Waals surface area contributed by atoms with Crippen LogP contribution in [0.5, 0.6) is 0 Å². The second-order valence-corrected chi connectivity index (χ2v) is 3.80. The highest BCUT2D eigenvalue weighted by Gasteiger charge is 2.17. The fourth-order valence-corrected chi connectivity index (χ4v) is 1.58. The first-order valence-corrected chi connectivity index (χ1v) is 5.05. The number of nitrogens with zero attached hydrogens (tertiary/aromatic N) is 3. The van der Waals surface area contributed by atoms with Crippen molar-refractivity contribution in [2.24, 2.45) is 0 Å². The molecule has 1 aromatic carbocycles. The van der Waals surface area contributed by atoms with Crippen molar-refractivity contribution in [3.05, 3.63) is 57.1 Å². The second kappa shape index (κ2) is 4.50. The van der Waals surface area contributed by atoms with Crippen molar-refractivity contribution in [2.45, 2.75) is 6.54 Å². The highest BCUT2D eigenvalue weighted by Crippen LogP contribution is 2.21. The summed E-state index contributed by atoms with van der Waals surface area (Å²) in [7, 11) is 0. The number of nitro groups is 1. The monoisotopic (exact) mass is 255 g/mol. The van der Waals surface area contributed by atoms with Crippen molar-refractivity contribution in [3.8, 4) is 0 Å². The Bertz CT molecular complexity index is 570. The first kappa shape index (κ1) is 11.5. The molecular weight excluding hydrogens is 249 g/mol. The molecular formula is C10H7ClFN3O2. The molecule has 0 spiro atoms. The van der Waals surface area contributed by atoms with Crippen molar-refractivity contribution in [1.29, 1.82) is 0 Å². The van der Waals surface area contributed by atoms with E-state index in [2.05, 4.69) is 5.10 Å². The highest BCUT2D eigenvalue weighted by molar-refractivity contribution is 6.30. The predicted octanol–water partition coefficient (Wildman–Crippen LogP) is 2.63. The lowest BCUT2D eigenvalue weighted by atomic mass is 10.2. The summed E-state index contributed by atoms with van der Waals surface area (Å²) in [6.45, 7) is 0.0975. The molecule has 2 aromatic rings. The van der Waals surface area contributed by atoms with Crippen LogP contribution in [-0.4, -0.2) is 14.7 Å². The molecule has 0 saturated heterocycles. The van der Waals surface area contributed by atoms with E-state index in [0.717, 1.165) is 6.07 Å². The van der Waals surface area contributed by atoms with Crippen LogP contribution >= 0.6 is 11.6 Å². The van der Waals surface area contributed by atoms with E-state index in [9.17, 15) is 14.5 Å². The molecule has 0 aliphatic carbocycles. The maximum absolute atomic E-state index is 13.7. The van der Waals surface area contributed by atoms with Crippen LogP contribution in [0, 0.1) is 15.9 Å². The first-order valence-electron chi connectivity index (χ1n) is 4.67.